The summed E-state index contributed by atoms with van der Waals surface area (Å²) in [5.41, 5.74) is 1.54. The van der Waals surface area contributed by atoms with Crippen molar-refractivity contribution in [2.24, 2.45) is 0 Å². The van der Waals surface area contributed by atoms with Crippen molar-refractivity contribution >= 4 is 11.8 Å². The van der Waals surface area contributed by atoms with E-state index in [9.17, 15) is 14.9 Å². The summed E-state index contributed by atoms with van der Waals surface area (Å²) in [4.78, 5) is 24.8. The van der Waals surface area contributed by atoms with Crippen LogP contribution in [-0.4, -0.2) is 28.1 Å². The molecule has 0 spiro atoms. The van der Waals surface area contributed by atoms with Crippen LogP contribution in [0.5, 0.6) is 11.5 Å². The molecule has 0 bridgehead atoms. The minimum absolute atomic E-state index is 0.0164. The van der Waals surface area contributed by atoms with Crippen LogP contribution in [0, 0.1) is 10.1 Å². The Hall–Kier alpha value is -3.87. The topological polar surface area (TPSA) is 81.9 Å². The number of rotatable bonds is 8. The quantitative estimate of drug-likeness (QED) is 0.295. The van der Waals surface area contributed by atoms with E-state index in [4.69, 9.17) is 9.47 Å². The van der Waals surface area contributed by atoms with Gasteiger partial charge in [0.15, 0.2) is 0 Å². The van der Waals surface area contributed by atoms with Gasteiger partial charge in [-0.2, -0.15) is 0 Å². The molecule has 0 unspecified atom stereocenters. The smallest absolute Gasteiger partial charge is 0.410 e. The van der Waals surface area contributed by atoms with Gasteiger partial charge in [-0.25, -0.2) is 4.79 Å². The number of carbonyl (C=O) groups excluding carboxylic acids is 1. The molecule has 0 atom stereocenters. The van der Waals surface area contributed by atoms with Gasteiger partial charge in [-0.1, -0.05) is 42.5 Å². The minimum Gasteiger partial charge on any atom is -0.457 e. The maximum atomic E-state index is 12.7. The van der Waals surface area contributed by atoms with E-state index in [1.54, 1.807) is 17.0 Å². The Labute approximate surface area is 193 Å². The predicted octanol–water partition coefficient (Wildman–Crippen LogP) is 6.37. The van der Waals surface area contributed by atoms with Crippen molar-refractivity contribution in [2.75, 3.05) is 6.54 Å². The average Bonchev–Trinajstić information content (AvgIpc) is 2.77. The number of nitrogens with zero attached hydrogens (tertiary/aromatic N) is 2. The molecule has 7 nitrogen and oxygen atoms in total. The van der Waals surface area contributed by atoms with Crippen molar-refractivity contribution in [3.8, 4) is 11.5 Å². The molecule has 33 heavy (non-hydrogen) atoms. The van der Waals surface area contributed by atoms with Crippen LogP contribution in [0.2, 0.25) is 0 Å². The molecular weight excluding hydrogens is 420 g/mol. The molecule has 7 heteroatoms. The molecule has 0 heterocycles. The molecule has 3 aromatic rings. The summed E-state index contributed by atoms with van der Waals surface area (Å²) in [7, 11) is 0. The van der Waals surface area contributed by atoms with Crippen molar-refractivity contribution in [3.63, 3.8) is 0 Å². The lowest BCUT2D eigenvalue weighted by Gasteiger charge is -2.27. The summed E-state index contributed by atoms with van der Waals surface area (Å²) in [6.07, 6.45) is 0.314. The van der Waals surface area contributed by atoms with Crippen LogP contribution in [0.1, 0.15) is 31.9 Å². The summed E-state index contributed by atoms with van der Waals surface area (Å²) < 4.78 is 11.4. The minimum atomic E-state index is -0.567. The van der Waals surface area contributed by atoms with Crippen LogP contribution >= 0.6 is 0 Å². The third-order valence-electron chi connectivity index (χ3n) is 4.74. The number of benzene rings is 3. The van der Waals surface area contributed by atoms with E-state index in [2.05, 4.69) is 0 Å². The van der Waals surface area contributed by atoms with Gasteiger partial charge in [-0.05, 0) is 62.6 Å². The molecular formula is C26H28N2O5. The lowest BCUT2D eigenvalue weighted by Crippen LogP contribution is -2.37. The summed E-state index contributed by atoms with van der Waals surface area (Å²) in [6.45, 7) is 6.54. The molecule has 0 saturated heterocycles. The number of nitro benzene ring substituents is 1. The van der Waals surface area contributed by atoms with E-state index in [0.29, 0.717) is 31.0 Å². The summed E-state index contributed by atoms with van der Waals surface area (Å²) >= 11 is 0. The van der Waals surface area contributed by atoms with Crippen LogP contribution < -0.4 is 4.74 Å². The zero-order valence-corrected chi connectivity index (χ0v) is 19.1. The number of amides is 1. The maximum Gasteiger partial charge on any atom is 0.410 e. The highest BCUT2D eigenvalue weighted by molar-refractivity contribution is 5.68. The molecule has 0 aliphatic heterocycles. The third kappa shape index (κ3) is 7.64. The second kappa shape index (κ2) is 10.6. The summed E-state index contributed by atoms with van der Waals surface area (Å²) in [6, 6.07) is 23.3. The first-order chi connectivity index (χ1) is 15.7. The van der Waals surface area contributed by atoms with E-state index in [0.717, 1.165) is 11.1 Å². The van der Waals surface area contributed by atoms with E-state index in [1.165, 1.54) is 12.1 Å². The Morgan fingerprint density at radius 2 is 1.45 bits per heavy atom. The first-order valence-corrected chi connectivity index (χ1v) is 10.7. The van der Waals surface area contributed by atoms with Crippen molar-refractivity contribution < 1.29 is 19.2 Å². The fourth-order valence-corrected chi connectivity index (χ4v) is 3.13. The van der Waals surface area contributed by atoms with E-state index in [1.807, 2.05) is 75.4 Å². The first kappa shape index (κ1) is 23.8. The molecule has 0 fully saturated rings. The van der Waals surface area contributed by atoms with E-state index in [-0.39, 0.29) is 11.8 Å². The number of nitro groups is 1. The number of hydrogen-bond acceptors (Lipinski definition) is 5. The normalized spacial score (nSPS) is 11.0. The van der Waals surface area contributed by atoms with Gasteiger partial charge in [0.1, 0.15) is 17.1 Å². The lowest BCUT2D eigenvalue weighted by atomic mass is 10.1. The van der Waals surface area contributed by atoms with Crippen LogP contribution in [0.15, 0.2) is 78.9 Å². The summed E-state index contributed by atoms with van der Waals surface area (Å²) in [5, 5.41) is 10.8. The van der Waals surface area contributed by atoms with Crippen LogP contribution in [-0.2, 0) is 17.7 Å². The predicted molar refractivity (Wildman–Crippen MR) is 126 cm³/mol. The monoisotopic (exact) mass is 448 g/mol. The Kier molecular flexibility index (Phi) is 7.66. The number of non-ortho nitro benzene ring substituents is 1. The standard InChI is InChI=1S/C26H28N2O5/c1-26(2,3)33-25(29)27(19-21-7-5-4-6-8-21)18-17-20-9-13-23(14-10-20)32-24-15-11-22(12-16-24)28(30)31/h4-16H,17-19H2,1-3H3. The average molecular weight is 449 g/mol. The Bertz CT molecular complexity index is 1060. The summed E-state index contributed by atoms with van der Waals surface area (Å²) in [5.74, 6) is 1.15. The van der Waals surface area contributed by atoms with E-state index < -0.39 is 10.5 Å². The molecule has 3 rings (SSSR count). The SMILES string of the molecule is CC(C)(C)OC(=O)N(CCc1ccc(Oc2ccc([N+](=O)[O-])cc2)cc1)Cc1ccccc1. The van der Waals surface area contributed by atoms with Crippen LogP contribution in [0.4, 0.5) is 10.5 Å². The molecule has 0 aliphatic rings. The van der Waals surface area contributed by atoms with Gasteiger partial charge in [0.2, 0.25) is 0 Å². The van der Waals surface area contributed by atoms with Gasteiger partial charge in [0.05, 0.1) is 4.92 Å². The highest BCUT2D eigenvalue weighted by atomic mass is 16.6. The van der Waals surface area contributed by atoms with Crippen molar-refractivity contribution in [1.82, 2.24) is 4.90 Å². The number of carbonyl (C=O) groups is 1. The molecule has 3 aromatic carbocycles. The van der Waals surface area contributed by atoms with Crippen molar-refractivity contribution in [3.05, 3.63) is 100 Å². The zero-order chi connectivity index (χ0) is 23.8. The maximum absolute atomic E-state index is 12.7. The fraction of sp³-hybridized carbons (Fsp3) is 0.269. The van der Waals surface area contributed by atoms with Gasteiger partial charge in [-0.15, -0.1) is 0 Å². The van der Waals surface area contributed by atoms with Gasteiger partial charge in [-0.3, -0.25) is 10.1 Å². The number of hydrogen-bond donors (Lipinski definition) is 0. The van der Waals surface area contributed by atoms with Gasteiger partial charge in [0.25, 0.3) is 5.69 Å². The Morgan fingerprint density at radius 3 is 2.00 bits per heavy atom. The van der Waals surface area contributed by atoms with Gasteiger partial charge in [0, 0.05) is 25.2 Å². The lowest BCUT2D eigenvalue weighted by molar-refractivity contribution is -0.384. The Balaban J connectivity index is 1.62. The molecule has 0 N–H and O–H groups in total. The fourth-order valence-electron chi connectivity index (χ4n) is 3.13. The highest BCUT2D eigenvalue weighted by Gasteiger charge is 2.22. The third-order valence-corrected chi connectivity index (χ3v) is 4.74. The van der Waals surface area contributed by atoms with Crippen molar-refractivity contribution in [2.45, 2.75) is 39.3 Å². The van der Waals surface area contributed by atoms with Gasteiger partial charge < -0.3 is 14.4 Å². The Morgan fingerprint density at radius 1 is 0.879 bits per heavy atom. The number of ether oxygens (including phenoxy) is 2. The molecule has 1 amide bonds. The zero-order valence-electron chi connectivity index (χ0n) is 19.1. The highest BCUT2D eigenvalue weighted by Crippen LogP contribution is 2.24. The molecule has 0 radical (unpaired) electrons. The van der Waals surface area contributed by atoms with Gasteiger partial charge >= 0.3 is 6.09 Å². The van der Waals surface area contributed by atoms with E-state index >= 15 is 0 Å². The van der Waals surface area contributed by atoms with Crippen LogP contribution in [0.25, 0.3) is 0 Å². The molecule has 172 valence electrons. The second-order valence-corrected chi connectivity index (χ2v) is 8.63. The first-order valence-electron chi connectivity index (χ1n) is 10.7. The molecule has 0 aromatic heterocycles. The molecule has 0 aliphatic carbocycles. The van der Waals surface area contributed by atoms with Crippen molar-refractivity contribution in [1.29, 1.82) is 0 Å². The largest absolute Gasteiger partial charge is 0.457 e. The van der Waals surface area contributed by atoms with Crippen LogP contribution in [0.3, 0.4) is 0 Å². The second-order valence-electron chi connectivity index (χ2n) is 8.63. The molecule has 0 saturated carbocycles.